The van der Waals surface area contributed by atoms with Crippen LogP contribution in [0.4, 0.5) is 0 Å². The van der Waals surface area contributed by atoms with Crippen LogP contribution in [0.1, 0.15) is 15.9 Å². The minimum Gasteiger partial charge on any atom is -0.267 e. The van der Waals surface area contributed by atoms with Gasteiger partial charge in [-0.05, 0) is 40.1 Å². The van der Waals surface area contributed by atoms with Crippen LogP contribution < -0.4 is 5.43 Å². The molecule has 0 fully saturated rings. The summed E-state index contributed by atoms with van der Waals surface area (Å²) in [5, 5.41) is 11.3. The number of carbonyl (C=O) groups excluding carboxylic acids is 1. The van der Waals surface area contributed by atoms with Crippen molar-refractivity contribution in [2.24, 2.45) is 5.10 Å². The first-order valence-electron chi connectivity index (χ1n) is 5.94. The number of hydrazone groups is 1. The van der Waals surface area contributed by atoms with Gasteiger partial charge < -0.3 is 0 Å². The fourth-order valence-electron chi connectivity index (χ4n) is 1.70. The Labute approximate surface area is 114 Å². The van der Waals surface area contributed by atoms with Gasteiger partial charge in [0.15, 0.2) is 0 Å². The Balaban J connectivity index is 1.69. The first-order valence-corrected chi connectivity index (χ1v) is 5.94. The summed E-state index contributed by atoms with van der Waals surface area (Å²) >= 11 is 0. The molecule has 0 aliphatic heterocycles. The maximum absolute atomic E-state index is 11.7. The van der Waals surface area contributed by atoms with Gasteiger partial charge in [0.05, 0.1) is 6.21 Å². The lowest BCUT2D eigenvalue weighted by Crippen LogP contribution is -2.17. The summed E-state index contributed by atoms with van der Waals surface area (Å²) in [6.07, 6.45) is 1.54. The molecule has 0 atom stereocenters. The van der Waals surface area contributed by atoms with Crippen molar-refractivity contribution in [1.29, 1.82) is 0 Å². The molecular formula is C14H10N4O2. The SMILES string of the molecule is O=C(NN=Cc1ccc2nonc2c1)c1ccccc1. The first-order chi connectivity index (χ1) is 9.83. The number of hydrogen-bond donors (Lipinski definition) is 1. The molecule has 0 bridgehead atoms. The maximum atomic E-state index is 11.7. The van der Waals surface area contributed by atoms with Crippen LogP contribution in [-0.2, 0) is 0 Å². The van der Waals surface area contributed by atoms with E-state index in [1.165, 1.54) is 6.21 Å². The van der Waals surface area contributed by atoms with Gasteiger partial charge in [0.2, 0.25) is 0 Å². The number of hydrogen-bond acceptors (Lipinski definition) is 5. The van der Waals surface area contributed by atoms with Crippen LogP contribution >= 0.6 is 0 Å². The molecule has 6 nitrogen and oxygen atoms in total. The number of carbonyl (C=O) groups is 1. The zero-order valence-corrected chi connectivity index (χ0v) is 10.4. The van der Waals surface area contributed by atoms with Crippen molar-refractivity contribution in [3.63, 3.8) is 0 Å². The van der Waals surface area contributed by atoms with Crippen LogP contribution in [0.5, 0.6) is 0 Å². The molecule has 3 rings (SSSR count). The highest BCUT2D eigenvalue weighted by molar-refractivity contribution is 5.95. The molecule has 0 spiro atoms. The molecule has 1 heterocycles. The third kappa shape index (κ3) is 2.54. The molecule has 1 N–H and O–H groups in total. The van der Waals surface area contributed by atoms with Crippen LogP contribution in [0.25, 0.3) is 11.0 Å². The molecule has 0 aliphatic rings. The fourth-order valence-corrected chi connectivity index (χ4v) is 1.70. The molecule has 6 heteroatoms. The van der Waals surface area contributed by atoms with E-state index in [1.54, 1.807) is 36.4 Å². The Morgan fingerprint density at radius 1 is 1.10 bits per heavy atom. The molecule has 1 aromatic heterocycles. The largest absolute Gasteiger partial charge is 0.271 e. The minimum atomic E-state index is -0.258. The molecule has 0 aliphatic carbocycles. The van der Waals surface area contributed by atoms with Gasteiger partial charge in [0, 0.05) is 5.56 Å². The molecule has 20 heavy (non-hydrogen) atoms. The van der Waals surface area contributed by atoms with Gasteiger partial charge >= 0.3 is 0 Å². The smallest absolute Gasteiger partial charge is 0.267 e. The summed E-state index contributed by atoms with van der Waals surface area (Å²) in [5.41, 5.74) is 5.13. The Bertz CT molecular complexity index is 765. The number of benzene rings is 2. The topological polar surface area (TPSA) is 80.4 Å². The van der Waals surface area contributed by atoms with Crippen LogP contribution in [0, 0.1) is 0 Å². The fraction of sp³-hybridized carbons (Fsp3) is 0. The second kappa shape index (κ2) is 5.31. The van der Waals surface area contributed by atoms with E-state index in [0.717, 1.165) is 5.56 Å². The van der Waals surface area contributed by atoms with E-state index < -0.39 is 0 Å². The van der Waals surface area contributed by atoms with Crippen LogP contribution in [0.2, 0.25) is 0 Å². The van der Waals surface area contributed by atoms with Gasteiger partial charge in [-0.1, -0.05) is 24.3 Å². The summed E-state index contributed by atoms with van der Waals surface area (Å²) in [5.74, 6) is -0.258. The van der Waals surface area contributed by atoms with E-state index in [-0.39, 0.29) is 5.91 Å². The Hall–Kier alpha value is -3.02. The third-order valence-corrected chi connectivity index (χ3v) is 2.69. The van der Waals surface area contributed by atoms with E-state index in [4.69, 9.17) is 0 Å². The van der Waals surface area contributed by atoms with E-state index in [2.05, 4.69) is 25.5 Å². The second-order valence-corrected chi connectivity index (χ2v) is 4.08. The van der Waals surface area contributed by atoms with Crippen molar-refractivity contribution < 1.29 is 9.42 Å². The quantitative estimate of drug-likeness (QED) is 0.580. The number of aromatic nitrogens is 2. The van der Waals surface area contributed by atoms with Crippen molar-refractivity contribution in [2.75, 3.05) is 0 Å². The summed E-state index contributed by atoms with van der Waals surface area (Å²) in [6, 6.07) is 14.2. The van der Waals surface area contributed by atoms with E-state index >= 15 is 0 Å². The van der Waals surface area contributed by atoms with Crippen molar-refractivity contribution in [3.05, 3.63) is 59.7 Å². The average Bonchev–Trinajstić information content (AvgIpc) is 2.95. The summed E-state index contributed by atoms with van der Waals surface area (Å²) < 4.78 is 4.61. The number of nitrogens with one attached hydrogen (secondary N) is 1. The molecule has 3 aromatic rings. The van der Waals surface area contributed by atoms with Crippen molar-refractivity contribution in [1.82, 2.24) is 15.7 Å². The first kappa shape index (κ1) is 12.0. The molecule has 98 valence electrons. The lowest BCUT2D eigenvalue weighted by atomic mass is 10.2. The predicted molar refractivity (Wildman–Crippen MR) is 73.3 cm³/mol. The van der Waals surface area contributed by atoms with Gasteiger partial charge in [-0.2, -0.15) is 5.10 Å². The summed E-state index contributed by atoms with van der Waals surface area (Å²) in [6.45, 7) is 0. The average molecular weight is 266 g/mol. The van der Waals surface area contributed by atoms with Crippen LogP contribution in [0.3, 0.4) is 0 Å². The number of fused-ring (bicyclic) bond motifs is 1. The Kier molecular flexibility index (Phi) is 3.20. The number of rotatable bonds is 3. The highest BCUT2D eigenvalue weighted by Crippen LogP contribution is 2.09. The Morgan fingerprint density at radius 3 is 2.75 bits per heavy atom. The molecule has 2 aromatic carbocycles. The number of nitrogens with zero attached hydrogens (tertiary/aromatic N) is 3. The summed E-state index contributed by atoms with van der Waals surface area (Å²) in [7, 11) is 0. The second-order valence-electron chi connectivity index (χ2n) is 4.08. The lowest BCUT2D eigenvalue weighted by Gasteiger charge is -1.98. The van der Waals surface area contributed by atoms with E-state index in [1.807, 2.05) is 12.1 Å². The number of amides is 1. The van der Waals surface area contributed by atoms with Gasteiger partial charge in [-0.3, -0.25) is 4.79 Å². The lowest BCUT2D eigenvalue weighted by molar-refractivity contribution is 0.0955. The highest BCUT2D eigenvalue weighted by atomic mass is 16.6. The maximum Gasteiger partial charge on any atom is 0.271 e. The van der Waals surface area contributed by atoms with Gasteiger partial charge in [0.25, 0.3) is 5.91 Å². The van der Waals surface area contributed by atoms with Gasteiger partial charge in [0.1, 0.15) is 11.0 Å². The third-order valence-electron chi connectivity index (χ3n) is 2.69. The standard InChI is InChI=1S/C14H10N4O2/c19-14(11-4-2-1-3-5-11)16-15-9-10-6-7-12-13(8-10)18-20-17-12/h1-9H,(H,16,19). The van der Waals surface area contributed by atoms with Crippen molar-refractivity contribution in [2.45, 2.75) is 0 Å². The zero-order valence-electron chi connectivity index (χ0n) is 10.4. The monoisotopic (exact) mass is 266 g/mol. The van der Waals surface area contributed by atoms with Crippen molar-refractivity contribution >= 4 is 23.2 Å². The predicted octanol–water partition coefficient (Wildman–Crippen LogP) is 1.99. The van der Waals surface area contributed by atoms with Gasteiger partial charge in [-0.25, -0.2) is 10.1 Å². The minimum absolute atomic E-state index is 0.258. The molecule has 1 amide bonds. The summed E-state index contributed by atoms with van der Waals surface area (Å²) in [4.78, 5) is 11.7. The zero-order chi connectivity index (χ0) is 13.8. The highest BCUT2D eigenvalue weighted by Gasteiger charge is 2.02. The molecule has 0 unspecified atom stereocenters. The van der Waals surface area contributed by atoms with Crippen LogP contribution in [-0.4, -0.2) is 22.4 Å². The molecule has 0 saturated carbocycles. The van der Waals surface area contributed by atoms with Crippen LogP contribution in [0.15, 0.2) is 58.3 Å². The normalized spacial score (nSPS) is 11.0. The van der Waals surface area contributed by atoms with Gasteiger partial charge in [-0.15, -0.1) is 0 Å². The Morgan fingerprint density at radius 2 is 1.90 bits per heavy atom. The van der Waals surface area contributed by atoms with E-state index in [0.29, 0.717) is 16.6 Å². The molecule has 0 radical (unpaired) electrons. The van der Waals surface area contributed by atoms with Crippen molar-refractivity contribution in [3.8, 4) is 0 Å². The van der Waals surface area contributed by atoms with E-state index in [9.17, 15) is 4.79 Å². The molecule has 0 saturated heterocycles. The molecular weight excluding hydrogens is 256 g/mol.